The van der Waals surface area contributed by atoms with Crippen LogP contribution in [-0.2, 0) is 11.2 Å². The highest BCUT2D eigenvalue weighted by Crippen LogP contribution is 2.18. The number of rotatable bonds is 5. The second-order valence-electron chi connectivity index (χ2n) is 2.83. The first-order chi connectivity index (χ1) is 6.38. The van der Waals surface area contributed by atoms with E-state index in [9.17, 15) is 0 Å². The van der Waals surface area contributed by atoms with Crippen LogP contribution in [0.3, 0.4) is 0 Å². The Bertz CT molecular complexity index is 246. The molecule has 1 aromatic rings. The molecule has 0 aliphatic rings. The van der Waals surface area contributed by atoms with Crippen LogP contribution in [0.1, 0.15) is 12.0 Å². The van der Waals surface area contributed by atoms with E-state index < -0.39 is 0 Å². The Morgan fingerprint density at radius 1 is 1.38 bits per heavy atom. The zero-order chi connectivity index (χ0) is 9.52. The van der Waals surface area contributed by atoms with Crippen LogP contribution in [0.2, 0.25) is 0 Å². The summed E-state index contributed by atoms with van der Waals surface area (Å²) in [7, 11) is 3.41. The molecule has 0 N–H and O–H groups in total. The van der Waals surface area contributed by atoms with Crippen molar-refractivity contribution in [3.63, 3.8) is 0 Å². The summed E-state index contributed by atoms with van der Waals surface area (Å²) in [5, 5.41) is 0. The first-order valence-electron chi connectivity index (χ1n) is 4.40. The van der Waals surface area contributed by atoms with Gasteiger partial charge in [-0.25, -0.2) is 0 Å². The van der Waals surface area contributed by atoms with Crippen molar-refractivity contribution < 1.29 is 9.47 Å². The zero-order valence-corrected chi connectivity index (χ0v) is 8.17. The maximum Gasteiger partial charge on any atom is 0.122 e. The molecule has 0 amide bonds. The van der Waals surface area contributed by atoms with Gasteiger partial charge in [0.05, 0.1) is 7.11 Å². The highest BCUT2D eigenvalue weighted by atomic mass is 16.5. The smallest absolute Gasteiger partial charge is 0.122 e. The van der Waals surface area contributed by atoms with Crippen LogP contribution >= 0.6 is 0 Å². The van der Waals surface area contributed by atoms with Crippen LogP contribution in [0.5, 0.6) is 5.75 Å². The third-order valence-electron chi connectivity index (χ3n) is 1.92. The van der Waals surface area contributed by atoms with Crippen molar-refractivity contribution in [1.82, 2.24) is 0 Å². The van der Waals surface area contributed by atoms with Gasteiger partial charge in [-0.3, -0.25) is 0 Å². The van der Waals surface area contributed by atoms with Crippen molar-refractivity contribution in [2.75, 3.05) is 20.8 Å². The topological polar surface area (TPSA) is 18.5 Å². The lowest BCUT2D eigenvalue weighted by molar-refractivity contribution is 0.195. The van der Waals surface area contributed by atoms with Gasteiger partial charge in [0.25, 0.3) is 0 Å². The SMILES string of the molecule is COCCCc1c[c]ccc1OC. The van der Waals surface area contributed by atoms with E-state index in [2.05, 4.69) is 6.07 Å². The van der Waals surface area contributed by atoms with Crippen LogP contribution in [0.4, 0.5) is 0 Å². The molecule has 0 saturated heterocycles. The maximum absolute atomic E-state index is 5.22. The number of methoxy groups -OCH3 is 2. The van der Waals surface area contributed by atoms with Gasteiger partial charge in [0.15, 0.2) is 0 Å². The monoisotopic (exact) mass is 179 g/mol. The molecule has 13 heavy (non-hydrogen) atoms. The number of ether oxygens (including phenoxy) is 2. The molecule has 0 aromatic heterocycles. The third kappa shape index (κ3) is 3.07. The minimum absolute atomic E-state index is 0.790. The highest BCUT2D eigenvalue weighted by Gasteiger charge is 2.00. The van der Waals surface area contributed by atoms with E-state index >= 15 is 0 Å². The molecule has 2 heteroatoms. The molecule has 0 spiro atoms. The van der Waals surface area contributed by atoms with Gasteiger partial charge in [-0.2, -0.15) is 0 Å². The standard InChI is InChI=1S/C11H15O2/c1-12-9-5-7-10-6-3-4-8-11(10)13-2/h4,6,8H,5,7,9H2,1-2H3. The molecular formula is C11H15O2. The Morgan fingerprint density at radius 3 is 2.92 bits per heavy atom. The second kappa shape index (κ2) is 5.60. The molecule has 71 valence electrons. The predicted molar refractivity (Wildman–Crippen MR) is 52.0 cm³/mol. The summed E-state index contributed by atoms with van der Waals surface area (Å²) in [6, 6.07) is 8.80. The third-order valence-corrected chi connectivity index (χ3v) is 1.92. The Labute approximate surface area is 79.5 Å². The normalized spacial score (nSPS) is 10.0. The van der Waals surface area contributed by atoms with Gasteiger partial charge < -0.3 is 9.47 Å². The Kier molecular flexibility index (Phi) is 4.33. The van der Waals surface area contributed by atoms with Crippen molar-refractivity contribution in [3.05, 3.63) is 29.8 Å². The lowest BCUT2D eigenvalue weighted by atomic mass is 10.1. The van der Waals surface area contributed by atoms with Crippen molar-refractivity contribution in [3.8, 4) is 5.75 Å². The molecule has 0 aliphatic carbocycles. The largest absolute Gasteiger partial charge is 0.496 e. The Hall–Kier alpha value is -1.02. The molecule has 0 atom stereocenters. The van der Waals surface area contributed by atoms with E-state index in [4.69, 9.17) is 9.47 Å². The van der Waals surface area contributed by atoms with Crippen LogP contribution in [0.15, 0.2) is 18.2 Å². The van der Waals surface area contributed by atoms with E-state index in [-0.39, 0.29) is 0 Å². The van der Waals surface area contributed by atoms with Gasteiger partial charge in [-0.05, 0) is 36.6 Å². The van der Waals surface area contributed by atoms with Gasteiger partial charge in [0, 0.05) is 13.7 Å². The molecule has 0 heterocycles. The molecule has 1 radical (unpaired) electrons. The zero-order valence-electron chi connectivity index (χ0n) is 8.17. The summed E-state index contributed by atoms with van der Waals surface area (Å²) < 4.78 is 10.2. The van der Waals surface area contributed by atoms with Gasteiger partial charge in [-0.15, -0.1) is 0 Å². The molecule has 0 aliphatic heterocycles. The van der Waals surface area contributed by atoms with Crippen LogP contribution in [0, 0.1) is 6.07 Å². The number of hydrogen-bond acceptors (Lipinski definition) is 2. The molecule has 0 unspecified atom stereocenters. The number of hydrogen-bond donors (Lipinski definition) is 0. The number of aryl methyl sites for hydroxylation is 1. The molecule has 0 fully saturated rings. The fourth-order valence-corrected chi connectivity index (χ4v) is 1.25. The van der Waals surface area contributed by atoms with Crippen molar-refractivity contribution in [1.29, 1.82) is 0 Å². The predicted octanol–water partition coefficient (Wildman–Crippen LogP) is 2.07. The van der Waals surface area contributed by atoms with Crippen molar-refractivity contribution in [2.24, 2.45) is 0 Å². The minimum atomic E-state index is 0.790. The summed E-state index contributed by atoms with van der Waals surface area (Å²) in [5.74, 6) is 0.940. The van der Waals surface area contributed by atoms with Crippen molar-refractivity contribution >= 4 is 0 Å². The molecule has 2 nitrogen and oxygen atoms in total. The summed E-state index contributed by atoms with van der Waals surface area (Å²) >= 11 is 0. The molecule has 1 rings (SSSR count). The van der Waals surface area contributed by atoms with Gasteiger partial charge >= 0.3 is 0 Å². The van der Waals surface area contributed by atoms with Gasteiger partial charge in [0.1, 0.15) is 5.75 Å². The number of benzene rings is 1. The summed E-state index contributed by atoms with van der Waals surface area (Å²) in [6.07, 6.45) is 2.00. The highest BCUT2D eigenvalue weighted by molar-refractivity contribution is 5.32. The fraction of sp³-hybridized carbons (Fsp3) is 0.455. The van der Waals surface area contributed by atoms with Gasteiger partial charge in [0.2, 0.25) is 0 Å². The maximum atomic E-state index is 5.22. The Morgan fingerprint density at radius 2 is 2.23 bits per heavy atom. The van der Waals surface area contributed by atoms with Crippen LogP contribution < -0.4 is 4.74 Å². The minimum Gasteiger partial charge on any atom is -0.496 e. The van der Waals surface area contributed by atoms with E-state index in [0.29, 0.717) is 0 Å². The lowest BCUT2D eigenvalue weighted by Gasteiger charge is -2.06. The average Bonchev–Trinajstić information content (AvgIpc) is 2.19. The quantitative estimate of drug-likeness (QED) is 0.644. The van der Waals surface area contributed by atoms with E-state index in [0.717, 1.165) is 25.2 Å². The lowest BCUT2D eigenvalue weighted by Crippen LogP contribution is -1.95. The summed E-state index contributed by atoms with van der Waals surface area (Å²) in [5.41, 5.74) is 1.20. The molecule has 0 bridgehead atoms. The summed E-state index contributed by atoms with van der Waals surface area (Å²) in [6.45, 7) is 0.790. The van der Waals surface area contributed by atoms with Crippen molar-refractivity contribution in [2.45, 2.75) is 12.8 Å². The molecule has 1 aromatic carbocycles. The molecular weight excluding hydrogens is 164 g/mol. The average molecular weight is 179 g/mol. The van der Waals surface area contributed by atoms with E-state index in [1.165, 1.54) is 5.56 Å². The Balaban J connectivity index is 2.54. The van der Waals surface area contributed by atoms with E-state index in [1.807, 2.05) is 18.2 Å². The molecule has 0 saturated carbocycles. The van der Waals surface area contributed by atoms with E-state index in [1.54, 1.807) is 14.2 Å². The fourth-order valence-electron chi connectivity index (χ4n) is 1.25. The second-order valence-corrected chi connectivity index (χ2v) is 2.83. The van der Waals surface area contributed by atoms with Gasteiger partial charge in [-0.1, -0.05) is 6.07 Å². The first-order valence-corrected chi connectivity index (χ1v) is 4.40. The summed E-state index contributed by atoms with van der Waals surface area (Å²) in [4.78, 5) is 0. The first kappa shape index (κ1) is 10.1. The van der Waals surface area contributed by atoms with Crippen LogP contribution in [0.25, 0.3) is 0 Å². The van der Waals surface area contributed by atoms with Crippen LogP contribution in [-0.4, -0.2) is 20.8 Å².